The molecule has 2 heterocycles. The molecule has 5 nitrogen and oxygen atoms in total. The first-order valence-corrected chi connectivity index (χ1v) is 7.21. The predicted molar refractivity (Wildman–Crippen MR) is 79.2 cm³/mol. The van der Waals surface area contributed by atoms with E-state index in [1.165, 1.54) is 0 Å². The number of aromatic nitrogens is 4. The minimum atomic E-state index is 0.177. The minimum Gasteiger partial charge on any atom is -0.309 e. The molecule has 0 aliphatic carbocycles. The number of hydrogen-bond acceptors (Lipinski definition) is 4. The summed E-state index contributed by atoms with van der Waals surface area (Å²) < 4.78 is 2.00. The molecule has 20 heavy (non-hydrogen) atoms. The molecule has 0 saturated carbocycles. The fraction of sp³-hybridized carbons (Fsp3) is 0.533. The number of nitrogens with zero attached hydrogens (tertiary/aromatic N) is 4. The van der Waals surface area contributed by atoms with Crippen LogP contribution in [0, 0.1) is 5.92 Å². The number of rotatable bonds is 7. The first-order chi connectivity index (χ1) is 9.70. The number of hydrogen-bond donors (Lipinski definition) is 1. The highest BCUT2D eigenvalue weighted by atomic mass is 15.3. The van der Waals surface area contributed by atoms with Crippen LogP contribution in [0.4, 0.5) is 0 Å². The van der Waals surface area contributed by atoms with E-state index in [1.807, 2.05) is 23.0 Å². The first kappa shape index (κ1) is 14.7. The normalized spacial score (nSPS) is 12.8. The Morgan fingerprint density at radius 1 is 1.25 bits per heavy atom. The van der Waals surface area contributed by atoms with Crippen molar-refractivity contribution in [3.8, 4) is 0 Å². The van der Waals surface area contributed by atoms with Gasteiger partial charge in [-0.3, -0.25) is 4.98 Å². The second kappa shape index (κ2) is 7.14. The monoisotopic (exact) mass is 273 g/mol. The summed E-state index contributed by atoms with van der Waals surface area (Å²) in [6.45, 7) is 8.28. The van der Waals surface area contributed by atoms with Crippen LogP contribution in [-0.2, 0) is 13.0 Å². The van der Waals surface area contributed by atoms with Crippen molar-refractivity contribution in [1.82, 2.24) is 25.1 Å². The molecule has 0 aliphatic rings. The highest BCUT2D eigenvalue weighted by Gasteiger charge is 2.16. The van der Waals surface area contributed by atoms with Crippen molar-refractivity contribution in [1.29, 1.82) is 0 Å². The van der Waals surface area contributed by atoms with Crippen LogP contribution in [0.1, 0.15) is 38.3 Å². The molecule has 2 aromatic rings. The average Bonchev–Trinajstić information content (AvgIpc) is 2.86. The van der Waals surface area contributed by atoms with Gasteiger partial charge in [0.1, 0.15) is 12.2 Å². The van der Waals surface area contributed by atoms with E-state index in [-0.39, 0.29) is 6.04 Å². The summed E-state index contributed by atoms with van der Waals surface area (Å²) >= 11 is 0. The average molecular weight is 273 g/mol. The van der Waals surface area contributed by atoms with Gasteiger partial charge in [-0.2, -0.15) is 5.10 Å². The molecule has 108 valence electrons. The van der Waals surface area contributed by atoms with Crippen LogP contribution >= 0.6 is 0 Å². The van der Waals surface area contributed by atoms with Gasteiger partial charge in [-0.05, 0) is 24.6 Å². The molecule has 0 saturated heterocycles. The molecule has 0 amide bonds. The van der Waals surface area contributed by atoms with Gasteiger partial charge < -0.3 is 5.32 Å². The second-order valence-corrected chi connectivity index (χ2v) is 5.32. The van der Waals surface area contributed by atoms with Gasteiger partial charge in [-0.1, -0.05) is 26.8 Å². The highest BCUT2D eigenvalue weighted by molar-refractivity contribution is 5.10. The van der Waals surface area contributed by atoms with E-state index in [2.05, 4.69) is 47.2 Å². The Kier molecular flexibility index (Phi) is 5.24. The van der Waals surface area contributed by atoms with Crippen molar-refractivity contribution >= 4 is 0 Å². The van der Waals surface area contributed by atoms with Gasteiger partial charge in [-0.15, -0.1) is 0 Å². The summed E-state index contributed by atoms with van der Waals surface area (Å²) in [4.78, 5) is 8.85. The predicted octanol–water partition coefficient (Wildman–Crippen LogP) is 2.22. The lowest BCUT2D eigenvalue weighted by molar-refractivity contribution is 0.444. The zero-order valence-corrected chi connectivity index (χ0v) is 12.5. The van der Waals surface area contributed by atoms with Crippen molar-refractivity contribution in [2.24, 2.45) is 5.92 Å². The fourth-order valence-electron chi connectivity index (χ4n) is 2.24. The zero-order chi connectivity index (χ0) is 14.4. The molecule has 1 N–H and O–H groups in total. The van der Waals surface area contributed by atoms with Crippen LogP contribution < -0.4 is 5.32 Å². The summed E-state index contributed by atoms with van der Waals surface area (Å²) in [7, 11) is 0. The summed E-state index contributed by atoms with van der Waals surface area (Å²) in [5.41, 5.74) is 1.05. The summed E-state index contributed by atoms with van der Waals surface area (Å²) in [5, 5.41) is 7.79. The van der Waals surface area contributed by atoms with Crippen LogP contribution in [0.15, 0.2) is 30.7 Å². The van der Waals surface area contributed by atoms with Gasteiger partial charge in [0, 0.05) is 19.2 Å². The van der Waals surface area contributed by atoms with E-state index in [9.17, 15) is 0 Å². The van der Waals surface area contributed by atoms with Crippen LogP contribution in [0.2, 0.25) is 0 Å². The maximum absolute atomic E-state index is 4.45. The third kappa shape index (κ3) is 3.87. The molecular formula is C15H23N5. The highest BCUT2D eigenvalue weighted by Crippen LogP contribution is 2.15. The quantitative estimate of drug-likeness (QED) is 0.840. The van der Waals surface area contributed by atoms with E-state index >= 15 is 0 Å². The van der Waals surface area contributed by atoms with Crippen molar-refractivity contribution in [3.05, 3.63) is 42.2 Å². The van der Waals surface area contributed by atoms with Gasteiger partial charge in [0.25, 0.3) is 0 Å². The van der Waals surface area contributed by atoms with Gasteiger partial charge in [0.15, 0.2) is 0 Å². The third-order valence-corrected chi connectivity index (χ3v) is 3.12. The van der Waals surface area contributed by atoms with E-state index < -0.39 is 0 Å². The summed E-state index contributed by atoms with van der Waals surface area (Å²) in [5.74, 6) is 1.57. The fourth-order valence-corrected chi connectivity index (χ4v) is 2.24. The van der Waals surface area contributed by atoms with E-state index in [1.54, 1.807) is 6.33 Å². The lowest BCUT2D eigenvalue weighted by Gasteiger charge is -2.17. The lowest BCUT2D eigenvalue weighted by Crippen LogP contribution is -2.25. The van der Waals surface area contributed by atoms with Gasteiger partial charge in [0.2, 0.25) is 0 Å². The first-order valence-electron chi connectivity index (χ1n) is 7.21. The van der Waals surface area contributed by atoms with Crippen LogP contribution in [0.3, 0.4) is 0 Å². The Bertz CT molecular complexity index is 506. The zero-order valence-electron chi connectivity index (χ0n) is 12.5. The van der Waals surface area contributed by atoms with E-state index in [0.717, 1.165) is 31.0 Å². The molecule has 0 aliphatic heterocycles. The van der Waals surface area contributed by atoms with Crippen molar-refractivity contribution in [2.45, 2.75) is 39.8 Å². The van der Waals surface area contributed by atoms with E-state index in [0.29, 0.717) is 5.92 Å². The van der Waals surface area contributed by atoms with Crippen molar-refractivity contribution in [3.63, 3.8) is 0 Å². The molecule has 0 spiro atoms. The molecule has 2 aromatic heterocycles. The number of likely N-dealkylation sites (N-methyl/N-ethyl adjacent to an activating group) is 1. The standard InChI is InChI=1S/C15H23N5/c1-4-16-14(13-7-5-6-8-17-13)9-15-18-11-19-20(15)10-12(2)3/h5-8,11-12,14,16H,4,9-10H2,1-3H3. The van der Waals surface area contributed by atoms with Gasteiger partial charge in [0.05, 0.1) is 11.7 Å². The topological polar surface area (TPSA) is 55.6 Å². The number of nitrogens with one attached hydrogen (secondary N) is 1. The van der Waals surface area contributed by atoms with Gasteiger partial charge >= 0.3 is 0 Å². The molecule has 2 rings (SSSR count). The Morgan fingerprint density at radius 2 is 2.10 bits per heavy atom. The Hall–Kier alpha value is -1.75. The molecule has 0 radical (unpaired) electrons. The Morgan fingerprint density at radius 3 is 2.75 bits per heavy atom. The molecule has 0 aromatic carbocycles. The largest absolute Gasteiger partial charge is 0.309 e. The van der Waals surface area contributed by atoms with Crippen LogP contribution in [0.5, 0.6) is 0 Å². The molecule has 1 unspecified atom stereocenters. The Balaban J connectivity index is 2.14. The van der Waals surface area contributed by atoms with Crippen LogP contribution in [-0.4, -0.2) is 26.3 Å². The smallest absolute Gasteiger partial charge is 0.138 e. The molecule has 1 atom stereocenters. The van der Waals surface area contributed by atoms with Crippen molar-refractivity contribution < 1.29 is 0 Å². The summed E-state index contributed by atoms with van der Waals surface area (Å²) in [6, 6.07) is 6.19. The maximum atomic E-state index is 4.45. The maximum Gasteiger partial charge on any atom is 0.138 e. The Labute approximate surface area is 120 Å². The molecule has 0 bridgehead atoms. The summed E-state index contributed by atoms with van der Waals surface area (Å²) in [6.07, 6.45) is 4.27. The molecule has 0 fully saturated rings. The molecule has 5 heteroatoms. The minimum absolute atomic E-state index is 0.177. The van der Waals surface area contributed by atoms with E-state index in [4.69, 9.17) is 0 Å². The van der Waals surface area contributed by atoms with Crippen LogP contribution in [0.25, 0.3) is 0 Å². The third-order valence-electron chi connectivity index (χ3n) is 3.12. The second-order valence-electron chi connectivity index (χ2n) is 5.32. The van der Waals surface area contributed by atoms with Gasteiger partial charge in [-0.25, -0.2) is 9.67 Å². The van der Waals surface area contributed by atoms with Crippen molar-refractivity contribution in [2.75, 3.05) is 6.54 Å². The molecular weight excluding hydrogens is 250 g/mol. The lowest BCUT2D eigenvalue weighted by atomic mass is 10.1. The number of pyridine rings is 1. The SMILES string of the molecule is CCNC(Cc1ncnn1CC(C)C)c1ccccn1.